The molecule has 0 N–H and O–H groups in total. The third kappa shape index (κ3) is 2.26. The molecule has 3 atom stereocenters. The molecule has 28 heavy (non-hydrogen) atoms. The van der Waals surface area contributed by atoms with Gasteiger partial charge in [-0.15, -0.1) is 0 Å². The number of para-hydroxylation sites is 1. The number of rotatable bonds is 3. The highest BCUT2D eigenvalue weighted by atomic mass is 16.5. The molecular formula is C25H24N2O. The number of hydrogen-bond acceptors (Lipinski definition) is 3. The fourth-order valence-corrected chi connectivity index (χ4v) is 4.86. The number of amidine groups is 1. The molecule has 3 heteroatoms. The largest absolute Gasteiger partial charge is 0.497 e. The van der Waals surface area contributed by atoms with Gasteiger partial charge in [-0.1, -0.05) is 60.7 Å². The van der Waals surface area contributed by atoms with Crippen molar-refractivity contribution in [1.29, 1.82) is 0 Å². The van der Waals surface area contributed by atoms with Gasteiger partial charge in [0.1, 0.15) is 11.6 Å². The molecule has 3 aromatic rings. The van der Waals surface area contributed by atoms with Crippen molar-refractivity contribution in [3.8, 4) is 5.75 Å². The van der Waals surface area contributed by atoms with Gasteiger partial charge in [0.2, 0.25) is 0 Å². The number of nitrogens with zero attached hydrogens (tertiary/aromatic N) is 2. The lowest BCUT2D eigenvalue weighted by Crippen LogP contribution is -2.65. The zero-order valence-electron chi connectivity index (χ0n) is 16.5. The summed E-state index contributed by atoms with van der Waals surface area (Å²) in [5.41, 5.74) is 4.81. The summed E-state index contributed by atoms with van der Waals surface area (Å²) in [6, 6.07) is 28.3. The molecule has 0 saturated carbocycles. The van der Waals surface area contributed by atoms with E-state index in [1.165, 1.54) is 16.7 Å². The van der Waals surface area contributed by atoms with Crippen LogP contribution < -0.4 is 4.74 Å². The minimum Gasteiger partial charge on any atom is -0.497 e. The molecule has 2 heterocycles. The predicted molar refractivity (Wildman–Crippen MR) is 113 cm³/mol. The van der Waals surface area contributed by atoms with E-state index in [9.17, 15) is 0 Å². The molecule has 0 spiro atoms. The molecule has 1 fully saturated rings. The lowest BCUT2D eigenvalue weighted by molar-refractivity contribution is 0.110. The number of methoxy groups -OCH3 is 1. The summed E-state index contributed by atoms with van der Waals surface area (Å²) in [6.45, 7) is 4.61. The van der Waals surface area contributed by atoms with Gasteiger partial charge in [0, 0.05) is 5.56 Å². The minimum absolute atomic E-state index is 0.169. The Morgan fingerprint density at radius 1 is 0.893 bits per heavy atom. The van der Waals surface area contributed by atoms with Gasteiger partial charge < -0.3 is 9.64 Å². The van der Waals surface area contributed by atoms with Crippen LogP contribution in [-0.4, -0.2) is 17.8 Å². The summed E-state index contributed by atoms with van der Waals surface area (Å²) >= 11 is 0. The van der Waals surface area contributed by atoms with Crippen molar-refractivity contribution in [2.75, 3.05) is 7.11 Å². The second-order valence-corrected chi connectivity index (χ2v) is 7.82. The zero-order chi connectivity index (χ0) is 19.3. The highest BCUT2D eigenvalue weighted by Crippen LogP contribution is 2.58. The third-order valence-electron chi connectivity index (χ3n) is 6.37. The fourth-order valence-electron chi connectivity index (χ4n) is 4.86. The maximum Gasteiger partial charge on any atom is 0.119 e. The molecule has 1 saturated heterocycles. The Balaban J connectivity index is 1.69. The van der Waals surface area contributed by atoms with E-state index < -0.39 is 0 Å². The van der Waals surface area contributed by atoms with Crippen LogP contribution >= 0.6 is 0 Å². The van der Waals surface area contributed by atoms with Crippen LogP contribution in [0.15, 0.2) is 83.9 Å². The number of aliphatic imine (C=N–C) groups is 1. The predicted octanol–water partition coefficient (Wildman–Crippen LogP) is 5.81. The monoisotopic (exact) mass is 368 g/mol. The van der Waals surface area contributed by atoms with Crippen LogP contribution in [0.25, 0.3) is 0 Å². The van der Waals surface area contributed by atoms with E-state index in [1.807, 2.05) is 0 Å². The van der Waals surface area contributed by atoms with Crippen molar-refractivity contribution >= 4 is 11.5 Å². The molecule has 0 amide bonds. The molecular weight excluding hydrogens is 344 g/mol. The van der Waals surface area contributed by atoms with Crippen LogP contribution in [-0.2, 0) is 5.41 Å². The van der Waals surface area contributed by atoms with E-state index in [2.05, 4.69) is 97.6 Å². The Morgan fingerprint density at radius 2 is 1.57 bits per heavy atom. The molecule has 0 radical (unpaired) electrons. The molecule has 3 aromatic carbocycles. The van der Waals surface area contributed by atoms with Gasteiger partial charge in [0.25, 0.3) is 0 Å². The first-order chi connectivity index (χ1) is 13.6. The number of fused-ring (bicyclic) bond motifs is 2. The Hall–Kier alpha value is -3.07. The third-order valence-corrected chi connectivity index (χ3v) is 6.37. The van der Waals surface area contributed by atoms with Crippen LogP contribution in [0.2, 0.25) is 0 Å². The Kier molecular flexibility index (Phi) is 3.80. The molecule has 0 aliphatic carbocycles. The fraction of sp³-hybridized carbons (Fsp3) is 0.240. The summed E-state index contributed by atoms with van der Waals surface area (Å²) in [6.07, 6.45) is 0. The molecule has 0 unspecified atom stereocenters. The van der Waals surface area contributed by atoms with Crippen molar-refractivity contribution in [2.24, 2.45) is 4.99 Å². The van der Waals surface area contributed by atoms with Gasteiger partial charge in [-0.2, -0.15) is 0 Å². The second kappa shape index (κ2) is 6.23. The molecule has 0 aromatic heterocycles. The highest BCUT2D eigenvalue weighted by Gasteiger charge is 2.59. The van der Waals surface area contributed by atoms with Crippen molar-refractivity contribution < 1.29 is 4.74 Å². The minimum atomic E-state index is -0.169. The topological polar surface area (TPSA) is 24.8 Å². The van der Waals surface area contributed by atoms with Crippen molar-refractivity contribution in [3.63, 3.8) is 0 Å². The van der Waals surface area contributed by atoms with Gasteiger partial charge in [0.15, 0.2) is 0 Å². The maximum atomic E-state index is 5.37. The first kappa shape index (κ1) is 17.1. The van der Waals surface area contributed by atoms with Gasteiger partial charge in [-0.25, -0.2) is 4.99 Å². The van der Waals surface area contributed by atoms with Gasteiger partial charge >= 0.3 is 0 Å². The molecule has 2 aliphatic rings. The van der Waals surface area contributed by atoms with Crippen LogP contribution in [0.4, 0.5) is 5.69 Å². The standard InChI is InChI=1S/C25H24N2O/c1-17-21-11-7-8-12-22(21)26-24-25(2,19-9-5-4-6-10-19)23(27(17)24)18-13-15-20(28-3)16-14-18/h4-17,23H,1-3H3/t17-,23-,25+/m0/s1. The maximum absolute atomic E-state index is 5.37. The van der Waals surface area contributed by atoms with Gasteiger partial charge in [0.05, 0.1) is 30.3 Å². The molecule has 0 bridgehead atoms. The van der Waals surface area contributed by atoms with Crippen molar-refractivity contribution in [1.82, 2.24) is 4.90 Å². The lowest BCUT2D eigenvalue weighted by Gasteiger charge is -2.61. The van der Waals surface area contributed by atoms with Crippen LogP contribution in [0.5, 0.6) is 5.75 Å². The van der Waals surface area contributed by atoms with Crippen LogP contribution in [0, 0.1) is 0 Å². The van der Waals surface area contributed by atoms with E-state index in [1.54, 1.807) is 7.11 Å². The van der Waals surface area contributed by atoms with Crippen molar-refractivity contribution in [3.05, 3.63) is 95.6 Å². The average Bonchev–Trinajstić information content (AvgIpc) is 2.75. The van der Waals surface area contributed by atoms with E-state index in [-0.39, 0.29) is 17.5 Å². The lowest BCUT2D eigenvalue weighted by atomic mass is 9.63. The Morgan fingerprint density at radius 3 is 2.29 bits per heavy atom. The smallest absolute Gasteiger partial charge is 0.119 e. The van der Waals surface area contributed by atoms with E-state index >= 15 is 0 Å². The normalized spacial score (nSPS) is 25.2. The first-order valence-electron chi connectivity index (χ1n) is 9.80. The number of ether oxygens (including phenoxy) is 1. The molecule has 140 valence electrons. The number of hydrogen-bond donors (Lipinski definition) is 0. The molecule has 2 aliphatic heterocycles. The van der Waals surface area contributed by atoms with E-state index in [0.29, 0.717) is 0 Å². The van der Waals surface area contributed by atoms with Crippen LogP contribution in [0.3, 0.4) is 0 Å². The van der Waals surface area contributed by atoms with Gasteiger partial charge in [-0.05, 0) is 43.2 Å². The summed E-state index contributed by atoms with van der Waals surface area (Å²) in [5, 5.41) is 0. The van der Waals surface area contributed by atoms with Crippen LogP contribution in [0.1, 0.15) is 42.6 Å². The first-order valence-corrected chi connectivity index (χ1v) is 9.80. The summed E-state index contributed by atoms with van der Waals surface area (Å²) in [5.74, 6) is 2.04. The highest BCUT2D eigenvalue weighted by molar-refractivity contribution is 6.03. The Labute approximate surface area is 166 Å². The number of benzene rings is 3. The second-order valence-electron chi connectivity index (χ2n) is 7.82. The zero-order valence-corrected chi connectivity index (χ0v) is 16.5. The van der Waals surface area contributed by atoms with Gasteiger partial charge in [-0.3, -0.25) is 0 Å². The van der Waals surface area contributed by atoms with Crippen molar-refractivity contribution in [2.45, 2.75) is 31.3 Å². The SMILES string of the molecule is COc1ccc([C@@H]2N3C(=Nc4ccccc4[C@@H]3C)[C@]2(C)c2ccccc2)cc1. The Bertz CT molecular complexity index is 1040. The molecule has 3 nitrogen and oxygen atoms in total. The summed E-state index contributed by atoms with van der Waals surface area (Å²) < 4.78 is 5.37. The summed E-state index contributed by atoms with van der Waals surface area (Å²) in [4.78, 5) is 7.60. The van der Waals surface area contributed by atoms with E-state index in [0.717, 1.165) is 17.3 Å². The quantitative estimate of drug-likeness (QED) is 0.582. The molecule has 5 rings (SSSR count). The average molecular weight is 368 g/mol. The summed E-state index contributed by atoms with van der Waals surface area (Å²) in [7, 11) is 1.71. The van der Waals surface area contributed by atoms with E-state index in [4.69, 9.17) is 9.73 Å².